The van der Waals surface area contributed by atoms with E-state index in [0.717, 1.165) is 25.3 Å². The van der Waals surface area contributed by atoms with Gasteiger partial charge in [-0.25, -0.2) is 17.9 Å². The Hall–Kier alpha value is -0.860. The van der Waals surface area contributed by atoms with Gasteiger partial charge in [-0.1, -0.05) is 6.42 Å². The van der Waals surface area contributed by atoms with Crippen molar-refractivity contribution in [2.45, 2.75) is 37.1 Å². The molecule has 1 aliphatic carbocycles. The summed E-state index contributed by atoms with van der Waals surface area (Å²) in [5.74, 6) is -1.38. The first-order valence-corrected chi connectivity index (χ1v) is 8.14. The summed E-state index contributed by atoms with van der Waals surface area (Å²) in [6.45, 7) is 1.81. The van der Waals surface area contributed by atoms with E-state index in [1.54, 1.807) is 0 Å². The van der Waals surface area contributed by atoms with Gasteiger partial charge in [-0.2, -0.15) is 0 Å². The first kappa shape index (κ1) is 14.5. The van der Waals surface area contributed by atoms with E-state index in [1.165, 1.54) is 0 Å². The van der Waals surface area contributed by atoms with Crippen LogP contribution in [0.2, 0.25) is 0 Å². The Morgan fingerprint density at radius 1 is 1.58 bits per heavy atom. The molecule has 0 saturated heterocycles. The van der Waals surface area contributed by atoms with Crippen LogP contribution in [0.15, 0.2) is 20.0 Å². The number of carbonyl (C=O) groups is 1. The van der Waals surface area contributed by atoms with Crippen LogP contribution in [-0.2, 0) is 10.0 Å². The molecule has 0 radical (unpaired) electrons. The average Bonchev–Trinajstić information content (AvgIpc) is 2.57. The van der Waals surface area contributed by atoms with Gasteiger partial charge in [-0.05, 0) is 41.6 Å². The Morgan fingerprint density at radius 3 is 2.63 bits per heavy atom. The van der Waals surface area contributed by atoms with Crippen LogP contribution in [0, 0.1) is 5.92 Å². The minimum Gasteiger partial charge on any atom is -0.475 e. The SMILES string of the molecule is CC(NS(=O)(=O)c1cc(C(=O)O)oc1Br)C1CCC1. The van der Waals surface area contributed by atoms with Crippen molar-refractivity contribution in [1.29, 1.82) is 0 Å². The van der Waals surface area contributed by atoms with E-state index in [9.17, 15) is 13.2 Å². The number of nitrogens with one attached hydrogen (secondary N) is 1. The number of halogens is 1. The summed E-state index contributed by atoms with van der Waals surface area (Å²) in [5, 5.41) is 8.78. The molecule has 1 aromatic heterocycles. The Kier molecular flexibility index (Phi) is 4.03. The zero-order valence-corrected chi connectivity index (χ0v) is 12.6. The molecule has 0 aliphatic heterocycles. The van der Waals surface area contributed by atoms with Crippen molar-refractivity contribution in [3.63, 3.8) is 0 Å². The van der Waals surface area contributed by atoms with E-state index < -0.39 is 21.8 Å². The molecule has 19 heavy (non-hydrogen) atoms. The van der Waals surface area contributed by atoms with Gasteiger partial charge in [0, 0.05) is 12.1 Å². The van der Waals surface area contributed by atoms with Crippen LogP contribution in [0.25, 0.3) is 0 Å². The van der Waals surface area contributed by atoms with E-state index in [1.807, 2.05) is 6.92 Å². The second-order valence-electron chi connectivity index (χ2n) is 4.65. The van der Waals surface area contributed by atoms with E-state index in [4.69, 9.17) is 9.52 Å². The summed E-state index contributed by atoms with van der Waals surface area (Å²) >= 11 is 2.93. The van der Waals surface area contributed by atoms with Gasteiger partial charge in [0.2, 0.25) is 15.8 Å². The summed E-state index contributed by atoms with van der Waals surface area (Å²) < 4.78 is 31.6. The molecule has 2 rings (SSSR count). The summed E-state index contributed by atoms with van der Waals surface area (Å²) in [5.41, 5.74) is 0. The highest BCUT2D eigenvalue weighted by atomic mass is 79.9. The van der Waals surface area contributed by atoms with Crippen LogP contribution in [0.5, 0.6) is 0 Å². The van der Waals surface area contributed by atoms with Gasteiger partial charge < -0.3 is 9.52 Å². The minimum absolute atomic E-state index is 0.0989. The van der Waals surface area contributed by atoms with E-state index in [0.29, 0.717) is 5.92 Å². The summed E-state index contributed by atoms with van der Waals surface area (Å²) in [6.07, 6.45) is 3.14. The van der Waals surface area contributed by atoms with Crippen LogP contribution in [-0.4, -0.2) is 25.5 Å². The van der Waals surface area contributed by atoms with Gasteiger partial charge in [-0.3, -0.25) is 0 Å². The number of furan rings is 1. The number of sulfonamides is 1. The van der Waals surface area contributed by atoms with Crippen LogP contribution >= 0.6 is 15.9 Å². The highest BCUT2D eigenvalue weighted by molar-refractivity contribution is 9.10. The lowest BCUT2D eigenvalue weighted by molar-refractivity contribution is 0.0661. The van der Waals surface area contributed by atoms with E-state index in [-0.39, 0.29) is 15.6 Å². The molecule has 8 heteroatoms. The Balaban J connectivity index is 2.21. The van der Waals surface area contributed by atoms with Crippen molar-refractivity contribution in [2.75, 3.05) is 0 Å². The number of aromatic carboxylic acids is 1. The molecular formula is C11H14BrNO5S. The molecule has 1 aliphatic rings. The lowest BCUT2D eigenvalue weighted by Gasteiger charge is -2.31. The van der Waals surface area contributed by atoms with Gasteiger partial charge in [-0.15, -0.1) is 0 Å². The minimum atomic E-state index is -3.78. The van der Waals surface area contributed by atoms with Crippen molar-refractivity contribution in [1.82, 2.24) is 4.72 Å². The first-order valence-electron chi connectivity index (χ1n) is 5.86. The van der Waals surface area contributed by atoms with Crippen molar-refractivity contribution in [3.05, 3.63) is 16.5 Å². The predicted octanol–water partition coefficient (Wildman–Crippen LogP) is 2.21. The average molecular weight is 352 g/mol. The predicted molar refractivity (Wildman–Crippen MR) is 70.5 cm³/mol. The van der Waals surface area contributed by atoms with Crippen LogP contribution < -0.4 is 4.72 Å². The third-order valence-electron chi connectivity index (χ3n) is 3.35. The van der Waals surface area contributed by atoms with E-state index in [2.05, 4.69) is 20.7 Å². The van der Waals surface area contributed by atoms with Crippen molar-refractivity contribution < 1.29 is 22.7 Å². The highest BCUT2D eigenvalue weighted by Gasteiger charge is 2.30. The number of carboxylic acids is 1. The second kappa shape index (κ2) is 5.26. The molecule has 0 bridgehead atoms. The third kappa shape index (κ3) is 3.01. The fourth-order valence-electron chi connectivity index (χ4n) is 1.98. The molecule has 1 unspecified atom stereocenters. The van der Waals surface area contributed by atoms with Crippen LogP contribution in [0.4, 0.5) is 0 Å². The van der Waals surface area contributed by atoms with Crippen LogP contribution in [0.3, 0.4) is 0 Å². The molecule has 0 aromatic carbocycles. The van der Waals surface area contributed by atoms with Gasteiger partial charge in [0.1, 0.15) is 4.90 Å². The Bertz CT molecular complexity index is 590. The van der Waals surface area contributed by atoms with Crippen molar-refractivity contribution in [3.8, 4) is 0 Å². The molecule has 1 fully saturated rings. The molecule has 0 spiro atoms. The number of rotatable bonds is 5. The number of hydrogen-bond acceptors (Lipinski definition) is 4. The maximum Gasteiger partial charge on any atom is 0.371 e. The normalized spacial score (nSPS) is 18.0. The zero-order chi connectivity index (χ0) is 14.2. The molecule has 1 atom stereocenters. The molecule has 6 nitrogen and oxygen atoms in total. The Morgan fingerprint density at radius 2 is 2.21 bits per heavy atom. The monoisotopic (exact) mass is 351 g/mol. The van der Waals surface area contributed by atoms with Gasteiger partial charge >= 0.3 is 5.97 Å². The van der Waals surface area contributed by atoms with Gasteiger partial charge in [0.15, 0.2) is 4.67 Å². The maximum absolute atomic E-state index is 12.1. The van der Waals surface area contributed by atoms with E-state index >= 15 is 0 Å². The molecule has 1 aromatic rings. The Labute approximate surface area is 119 Å². The fourth-order valence-corrected chi connectivity index (χ4v) is 4.24. The lowest BCUT2D eigenvalue weighted by Crippen LogP contribution is -2.40. The van der Waals surface area contributed by atoms with Crippen LogP contribution in [0.1, 0.15) is 36.7 Å². The molecule has 1 heterocycles. The topological polar surface area (TPSA) is 96.6 Å². The quantitative estimate of drug-likeness (QED) is 0.847. The lowest BCUT2D eigenvalue weighted by atomic mass is 9.81. The largest absolute Gasteiger partial charge is 0.475 e. The smallest absolute Gasteiger partial charge is 0.371 e. The molecule has 2 N–H and O–H groups in total. The maximum atomic E-state index is 12.1. The molecule has 1 saturated carbocycles. The number of hydrogen-bond donors (Lipinski definition) is 2. The van der Waals surface area contributed by atoms with Gasteiger partial charge in [0.05, 0.1) is 0 Å². The first-order chi connectivity index (χ1) is 8.81. The fraction of sp³-hybridized carbons (Fsp3) is 0.545. The third-order valence-corrected chi connectivity index (χ3v) is 5.77. The van der Waals surface area contributed by atoms with Gasteiger partial charge in [0.25, 0.3) is 0 Å². The molecule has 106 valence electrons. The standard InChI is InChI=1S/C11H14BrNO5S/c1-6(7-3-2-4-7)13-19(16,17)9-5-8(11(14)15)18-10(9)12/h5-7,13H,2-4H2,1H3,(H,14,15). The second-order valence-corrected chi connectivity index (χ2v) is 7.06. The molecular weight excluding hydrogens is 338 g/mol. The number of carboxylic acid groups (broad SMARTS) is 1. The highest BCUT2D eigenvalue weighted by Crippen LogP contribution is 2.31. The molecule has 0 amide bonds. The summed E-state index contributed by atoms with van der Waals surface area (Å²) in [7, 11) is -3.78. The van der Waals surface area contributed by atoms with Crippen molar-refractivity contribution in [2.24, 2.45) is 5.92 Å². The van der Waals surface area contributed by atoms with Crippen molar-refractivity contribution >= 4 is 31.9 Å². The summed E-state index contributed by atoms with van der Waals surface area (Å²) in [6, 6.07) is 0.830. The zero-order valence-electron chi connectivity index (χ0n) is 10.2. The summed E-state index contributed by atoms with van der Waals surface area (Å²) in [4.78, 5) is 10.6.